The van der Waals surface area contributed by atoms with Crippen LogP contribution in [0.25, 0.3) is 0 Å². The van der Waals surface area contributed by atoms with Crippen molar-refractivity contribution in [2.24, 2.45) is 5.92 Å². The summed E-state index contributed by atoms with van der Waals surface area (Å²) in [5, 5.41) is 2.15. The van der Waals surface area contributed by atoms with Crippen LogP contribution in [-0.4, -0.2) is 40.4 Å². The smallest absolute Gasteiger partial charge is 0.226 e. The molecule has 6 heteroatoms. The Bertz CT molecular complexity index is 808. The number of hydrogen-bond donors (Lipinski definition) is 0. The molecule has 0 N–H and O–H groups in total. The summed E-state index contributed by atoms with van der Waals surface area (Å²) in [6.45, 7) is 3.50. The second kappa shape index (κ2) is 6.65. The first-order valence-corrected chi connectivity index (χ1v) is 10.6. The lowest BCUT2D eigenvalue weighted by Gasteiger charge is -2.36. The van der Waals surface area contributed by atoms with Gasteiger partial charge in [0.05, 0.1) is 0 Å². The summed E-state index contributed by atoms with van der Waals surface area (Å²) in [6, 6.07) is 4.33. The van der Waals surface area contributed by atoms with Crippen molar-refractivity contribution < 1.29 is 4.79 Å². The zero-order chi connectivity index (χ0) is 17.5. The summed E-state index contributed by atoms with van der Waals surface area (Å²) < 4.78 is 0. The molecule has 0 unspecified atom stereocenters. The fraction of sp³-hybridized carbons (Fsp3) is 0.550. The zero-order valence-electron chi connectivity index (χ0n) is 14.9. The number of aromatic nitrogens is 2. The highest BCUT2D eigenvalue weighted by Gasteiger charge is 2.31. The molecule has 1 saturated carbocycles. The number of hydrogen-bond acceptors (Lipinski definition) is 5. The molecule has 0 radical (unpaired) electrons. The number of anilines is 1. The topological polar surface area (TPSA) is 49.3 Å². The van der Waals surface area contributed by atoms with Crippen LogP contribution >= 0.6 is 11.3 Å². The minimum atomic E-state index is 0.163. The van der Waals surface area contributed by atoms with E-state index in [1.807, 2.05) is 11.3 Å². The Morgan fingerprint density at radius 3 is 2.77 bits per heavy atom. The van der Waals surface area contributed by atoms with Crippen LogP contribution in [0, 0.1) is 5.92 Å². The molecular formula is C20H24N4OS. The van der Waals surface area contributed by atoms with Gasteiger partial charge in [-0.1, -0.05) is 0 Å². The number of fused-ring (bicyclic) bond motifs is 1. The third-order valence-corrected chi connectivity index (χ3v) is 6.98. The standard InChI is InChI=1S/C20H24N4OS/c25-20(24-9-5-18-16(12-24)6-10-26-18)15-3-7-23(8-4-15)19-11-17(14-1-2-14)21-13-22-19/h6,10-11,13-15H,1-5,7-9,12H2. The molecular weight excluding hydrogens is 344 g/mol. The molecule has 2 aromatic heterocycles. The molecule has 2 aromatic rings. The minimum Gasteiger partial charge on any atom is -0.356 e. The van der Waals surface area contributed by atoms with Crippen LogP contribution in [-0.2, 0) is 17.8 Å². The summed E-state index contributed by atoms with van der Waals surface area (Å²) in [6.07, 6.45) is 7.08. The highest BCUT2D eigenvalue weighted by Crippen LogP contribution is 2.39. The van der Waals surface area contributed by atoms with Gasteiger partial charge in [-0.2, -0.15) is 0 Å². The lowest BCUT2D eigenvalue weighted by molar-refractivity contribution is -0.137. The molecule has 3 aliphatic rings. The summed E-state index contributed by atoms with van der Waals surface area (Å²) in [5.74, 6) is 2.20. The van der Waals surface area contributed by atoms with E-state index >= 15 is 0 Å². The van der Waals surface area contributed by atoms with E-state index in [4.69, 9.17) is 0 Å². The number of piperidine rings is 1. The minimum absolute atomic E-state index is 0.163. The van der Waals surface area contributed by atoms with Crippen LogP contribution in [0.15, 0.2) is 23.8 Å². The van der Waals surface area contributed by atoms with Crippen molar-refractivity contribution in [3.8, 4) is 0 Å². The second-order valence-corrected chi connectivity index (χ2v) is 8.72. The van der Waals surface area contributed by atoms with Gasteiger partial charge in [-0.25, -0.2) is 9.97 Å². The number of carbonyl (C=O) groups is 1. The first kappa shape index (κ1) is 16.2. The van der Waals surface area contributed by atoms with Gasteiger partial charge in [0, 0.05) is 54.7 Å². The molecule has 0 aromatic carbocycles. The van der Waals surface area contributed by atoms with Crippen molar-refractivity contribution in [3.63, 3.8) is 0 Å². The average molecular weight is 369 g/mol. The van der Waals surface area contributed by atoms with Crippen molar-refractivity contribution in [1.82, 2.24) is 14.9 Å². The first-order chi connectivity index (χ1) is 12.8. The highest BCUT2D eigenvalue weighted by molar-refractivity contribution is 7.10. The van der Waals surface area contributed by atoms with E-state index < -0.39 is 0 Å². The predicted molar refractivity (Wildman–Crippen MR) is 102 cm³/mol. The molecule has 5 rings (SSSR count). The quantitative estimate of drug-likeness (QED) is 0.835. The SMILES string of the molecule is O=C(C1CCN(c2cc(C3CC3)ncn2)CC1)N1CCc2sccc2C1. The Kier molecular flexibility index (Phi) is 4.15. The van der Waals surface area contributed by atoms with E-state index in [2.05, 4.69) is 37.3 Å². The maximum Gasteiger partial charge on any atom is 0.226 e. The molecule has 2 aliphatic heterocycles. The van der Waals surface area contributed by atoms with E-state index in [9.17, 15) is 4.79 Å². The van der Waals surface area contributed by atoms with Crippen LogP contribution in [0.5, 0.6) is 0 Å². The van der Waals surface area contributed by atoms with Crippen LogP contribution in [0.4, 0.5) is 5.82 Å². The van der Waals surface area contributed by atoms with Gasteiger partial charge < -0.3 is 9.80 Å². The summed E-state index contributed by atoms with van der Waals surface area (Å²) >= 11 is 1.82. The fourth-order valence-corrected chi connectivity index (χ4v) is 5.08. The van der Waals surface area contributed by atoms with E-state index in [1.165, 1.54) is 29.0 Å². The predicted octanol–water partition coefficient (Wildman–Crippen LogP) is 3.22. The molecule has 1 saturated heterocycles. The van der Waals surface area contributed by atoms with E-state index in [0.717, 1.165) is 51.3 Å². The molecule has 136 valence electrons. The maximum absolute atomic E-state index is 13.0. The molecule has 1 amide bonds. The van der Waals surface area contributed by atoms with Gasteiger partial charge in [-0.05, 0) is 49.1 Å². The van der Waals surface area contributed by atoms with E-state index in [0.29, 0.717) is 11.8 Å². The number of rotatable bonds is 3. The van der Waals surface area contributed by atoms with Crippen molar-refractivity contribution >= 4 is 23.1 Å². The van der Waals surface area contributed by atoms with Crippen molar-refractivity contribution in [2.45, 2.75) is 44.6 Å². The van der Waals surface area contributed by atoms with Crippen LogP contribution < -0.4 is 4.90 Å². The highest BCUT2D eigenvalue weighted by atomic mass is 32.1. The summed E-state index contributed by atoms with van der Waals surface area (Å²) in [4.78, 5) is 27.7. The first-order valence-electron chi connectivity index (χ1n) is 9.69. The van der Waals surface area contributed by atoms with Gasteiger partial charge in [-0.15, -0.1) is 11.3 Å². The summed E-state index contributed by atoms with van der Waals surface area (Å²) in [5.41, 5.74) is 2.54. The Morgan fingerprint density at radius 2 is 1.96 bits per heavy atom. The van der Waals surface area contributed by atoms with Crippen LogP contribution in [0.3, 0.4) is 0 Å². The lowest BCUT2D eigenvalue weighted by Crippen LogP contribution is -2.44. The second-order valence-electron chi connectivity index (χ2n) is 7.72. The summed E-state index contributed by atoms with van der Waals surface area (Å²) in [7, 11) is 0. The average Bonchev–Trinajstić information content (AvgIpc) is 3.45. The van der Waals surface area contributed by atoms with Crippen LogP contribution in [0.1, 0.15) is 47.7 Å². The van der Waals surface area contributed by atoms with Gasteiger partial charge in [0.25, 0.3) is 0 Å². The third-order valence-electron chi connectivity index (χ3n) is 5.96. The molecule has 5 nitrogen and oxygen atoms in total. The third kappa shape index (κ3) is 3.11. The molecule has 0 atom stereocenters. The Morgan fingerprint density at radius 1 is 1.12 bits per heavy atom. The molecule has 0 bridgehead atoms. The Balaban J connectivity index is 1.20. The lowest BCUT2D eigenvalue weighted by atomic mass is 9.94. The number of carbonyl (C=O) groups excluding carboxylic acids is 1. The maximum atomic E-state index is 13.0. The number of nitrogens with zero attached hydrogens (tertiary/aromatic N) is 4. The van der Waals surface area contributed by atoms with Crippen molar-refractivity contribution in [3.05, 3.63) is 40.0 Å². The monoisotopic (exact) mass is 368 g/mol. The van der Waals surface area contributed by atoms with Gasteiger partial charge in [0.15, 0.2) is 0 Å². The fourth-order valence-electron chi connectivity index (χ4n) is 4.19. The molecule has 1 aliphatic carbocycles. The largest absolute Gasteiger partial charge is 0.356 e. The normalized spacial score (nSPS) is 20.9. The zero-order valence-corrected chi connectivity index (χ0v) is 15.7. The number of amides is 1. The van der Waals surface area contributed by atoms with Gasteiger partial charge in [0.1, 0.15) is 12.1 Å². The van der Waals surface area contributed by atoms with E-state index in [-0.39, 0.29) is 5.92 Å². The molecule has 2 fully saturated rings. The van der Waals surface area contributed by atoms with E-state index in [1.54, 1.807) is 6.33 Å². The number of thiophene rings is 1. The molecule has 26 heavy (non-hydrogen) atoms. The Labute approximate surface area is 158 Å². The van der Waals surface area contributed by atoms with Gasteiger partial charge in [0.2, 0.25) is 5.91 Å². The van der Waals surface area contributed by atoms with Crippen molar-refractivity contribution in [2.75, 3.05) is 24.5 Å². The Hall–Kier alpha value is -1.95. The molecule has 0 spiro atoms. The van der Waals surface area contributed by atoms with Crippen LogP contribution in [0.2, 0.25) is 0 Å². The van der Waals surface area contributed by atoms with Gasteiger partial charge >= 0.3 is 0 Å². The molecule has 4 heterocycles. The van der Waals surface area contributed by atoms with Crippen molar-refractivity contribution in [1.29, 1.82) is 0 Å². The van der Waals surface area contributed by atoms with Gasteiger partial charge in [-0.3, -0.25) is 4.79 Å².